The van der Waals surface area contributed by atoms with Crippen LogP contribution in [0.4, 0.5) is 15.8 Å². The highest BCUT2D eigenvalue weighted by Crippen LogP contribution is 2.48. The first-order valence-corrected chi connectivity index (χ1v) is 10.9. The minimum Gasteiger partial charge on any atom is -0.359 e. The van der Waals surface area contributed by atoms with E-state index in [1.807, 2.05) is 55.2 Å². The standard InChI is InChI=1S/C26H27FN4O2/c1-17-20(25(33)31(29-17)19-8-6-5-7-9-19)11-13-23-26(2,3)21-16-18(27)10-12-22(21)30(23)15-14-24(32)28-4/h5-13,16H,14-15H2,1-4H3,(H,28,32)/b20-11-,23-13-. The van der Waals surface area contributed by atoms with Crippen LogP contribution in [-0.2, 0) is 15.0 Å². The van der Waals surface area contributed by atoms with E-state index in [4.69, 9.17) is 0 Å². The number of para-hydroxylation sites is 1. The molecule has 2 aliphatic rings. The highest BCUT2D eigenvalue weighted by Gasteiger charge is 2.40. The average Bonchev–Trinajstić information content (AvgIpc) is 3.20. The molecule has 0 atom stereocenters. The molecule has 170 valence electrons. The number of benzene rings is 2. The summed E-state index contributed by atoms with van der Waals surface area (Å²) in [6.07, 6.45) is 3.96. The topological polar surface area (TPSA) is 65.0 Å². The van der Waals surface area contributed by atoms with E-state index >= 15 is 0 Å². The van der Waals surface area contributed by atoms with E-state index in [2.05, 4.69) is 10.4 Å². The molecule has 0 fully saturated rings. The molecule has 2 heterocycles. The number of hydrogen-bond acceptors (Lipinski definition) is 4. The molecule has 2 amide bonds. The molecule has 0 spiro atoms. The van der Waals surface area contributed by atoms with Crippen LogP contribution in [0.5, 0.6) is 0 Å². The van der Waals surface area contributed by atoms with Gasteiger partial charge in [-0.2, -0.15) is 10.1 Å². The van der Waals surface area contributed by atoms with Gasteiger partial charge in [-0.25, -0.2) is 4.39 Å². The van der Waals surface area contributed by atoms with Gasteiger partial charge in [0, 0.05) is 36.8 Å². The number of nitrogens with one attached hydrogen (secondary N) is 1. The number of anilines is 2. The molecule has 2 aromatic carbocycles. The number of rotatable bonds is 5. The SMILES string of the molecule is CNC(=O)CCN1/C(=C\C=C2/C(=O)N(c3ccccc3)N=C2C)C(C)(C)c2cc(F)ccc21. The van der Waals surface area contributed by atoms with E-state index in [0.717, 1.165) is 16.9 Å². The summed E-state index contributed by atoms with van der Waals surface area (Å²) in [6.45, 7) is 6.28. The van der Waals surface area contributed by atoms with Gasteiger partial charge in [-0.05, 0) is 55.0 Å². The zero-order valence-electron chi connectivity index (χ0n) is 19.2. The molecule has 0 aromatic heterocycles. The maximum absolute atomic E-state index is 14.1. The van der Waals surface area contributed by atoms with Gasteiger partial charge in [0.05, 0.1) is 17.0 Å². The fourth-order valence-corrected chi connectivity index (χ4v) is 4.34. The van der Waals surface area contributed by atoms with Crippen LogP contribution >= 0.6 is 0 Å². The van der Waals surface area contributed by atoms with E-state index in [1.54, 1.807) is 32.2 Å². The number of hydrazone groups is 1. The predicted molar refractivity (Wildman–Crippen MR) is 129 cm³/mol. The van der Waals surface area contributed by atoms with Gasteiger partial charge < -0.3 is 10.2 Å². The van der Waals surface area contributed by atoms with Crippen molar-refractivity contribution < 1.29 is 14.0 Å². The Labute approximate surface area is 193 Å². The van der Waals surface area contributed by atoms with Crippen LogP contribution in [0.2, 0.25) is 0 Å². The molecular weight excluding hydrogens is 419 g/mol. The lowest BCUT2D eigenvalue weighted by Gasteiger charge is -2.27. The molecule has 6 nitrogen and oxygen atoms in total. The third kappa shape index (κ3) is 4.06. The summed E-state index contributed by atoms with van der Waals surface area (Å²) in [4.78, 5) is 27.0. The van der Waals surface area contributed by atoms with E-state index in [9.17, 15) is 14.0 Å². The van der Waals surface area contributed by atoms with Crippen molar-refractivity contribution in [1.29, 1.82) is 0 Å². The smallest absolute Gasteiger partial charge is 0.280 e. The van der Waals surface area contributed by atoms with Gasteiger partial charge in [-0.3, -0.25) is 9.59 Å². The van der Waals surface area contributed by atoms with Gasteiger partial charge >= 0.3 is 0 Å². The third-order valence-corrected chi connectivity index (χ3v) is 6.17. The van der Waals surface area contributed by atoms with Crippen LogP contribution in [0.15, 0.2) is 77.1 Å². The Balaban J connectivity index is 1.72. The molecule has 2 aliphatic heterocycles. The minimum atomic E-state index is -0.511. The molecule has 0 radical (unpaired) electrons. The Kier molecular flexibility index (Phi) is 5.89. The molecular formula is C26H27FN4O2. The molecule has 0 saturated carbocycles. The molecule has 7 heteroatoms. The number of carbonyl (C=O) groups is 2. The van der Waals surface area contributed by atoms with Gasteiger partial charge in [0.2, 0.25) is 5.91 Å². The molecule has 0 bridgehead atoms. The first-order valence-electron chi connectivity index (χ1n) is 10.9. The van der Waals surface area contributed by atoms with Gasteiger partial charge in [0.1, 0.15) is 5.82 Å². The molecule has 33 heavy (non-hydrogen) atoms. The number of fused-ring (bicyclic) bond motifs is 1. The number of halogens is 1. The Morgan fingerprint density at radius 2 is 1.88 bits per heavy atom. The summed E-state index contributed by atoms with van der Waals surface area (Å²) in [5, 5.41) is 8.47. The summed E-state index contributed by atoms with van der Waals surface area (Å²) in [7, 11) is 1.60. The molecule has 1 N–H and O–H groups in total. The Morgan fingerprint density at radius 3 is 2.58 bits per heavy atom. The minimum absolute atomic E-state index is 0.0754. The van der Waals surface area contributed by atoms with Gasteiger partial charge in [0.25, 0.3) is 5.91 Å². The summed E-state index contributed by atoms with van der Waals surface area (Å²) >= 11 is 0. The molecule has 0 unspecified atom stereocenters. The monoisotopic (exact) mass is 446 g/mol. The van der Waals surface area contributed by atoms with Crippen molar-refractivity contribution in [2.45, 2.75) is 32.6 Å². The number of carbonyl (C=O) groups excluding carboxylic acids is 2. The zero-order valence-corrected chi connectivity index (χ0v) is 19.2. The van der Waals surface area contributed by atoms with Crippen molar-refractivity contribution in [1.82, 2.24) is 5.32 Å². The second-order valence-corrected chi connectivity index (χ2v) is 8.63. The second-order valence-electron chi connectivity index (χ2n) is 8.63. The highest BCUT2D eigenvalue weighted by molar-refractivity contribution is 6.29. The van der Waals surface area contributed by atoms with E-state index < -0.39 is 5.41 Å². The molecule has 0 aliphatic carbocycles. The van der Waals surface area contributed by atoms with Crippen molar-refractivity contribution in [2.24, 2.45) is 5.10 Å². The summed E-state index contributed by atoms with van der Waals surface area (Å²) in [5.41, 5.74) is 3.91. The number of hydrogen-bond donors (Lipinski definition) is 1. The fourth-order valence-electron chi connectivity index (χ4n) is 4.34. The van der Waals surface area contributed by atoms with E-state index in [0.29, 0.717) is 29.9 Å². The van der Waals surface area contributed by atoms with Crippen molar-refractivity contribution >= 4 is 28.9 Å². The molecule has 0 saturated heterocycles. The lowest BCUT2D eigenvalue weighted by atomic mass is 9.83. The average molecular weight is 447 g/mol. The van der Waals surface area contributed by atoms with Crippen molar-refractivity contribution in [2.75, 3.05) is 23.5 Å². The van der Waals surface area contributed by atoms with Crippen molar-refractivity contribution in [3.8, 4) is 0 Å². The number of allylic oxidation sites excluding steroid dienone is 3. The second kappa shape index (κ2) is 8.65. The first-order chi connectivity index (χ1) is 15.7. The lowest BCUT2D eigenvalue weighted by molar-refractivity contribution is -0.120. The largest absolute Gasteiger partial charge is 0.359 e. The Hall–Kier alpha value is -3.74. The normalized spacial score (nSPS) is 19.3. The molecule has 2 aromatic rings. The van der Waals surface area contributed by atoms with E-state index in [-0.39, 0.29) is 17.6 Å². The van der Waals surface area contributed by atoms with Crippen LogP contribution in [-0.4, -0.2) is 31.1 Å². The number of amides is 2. The summed E-state index contributed by atoms with van der Waals surface area (Å²) < 4.78 is 14.1. The number of nitrogens with zero attached hydrogens (tertiary/aromatic N) is 3. The van der Waals surface area contributed by atoms with E-state index in [1.165, 1.54) is 11.1 Å². The zero-order chi connectivity index (χ0) is 23.8. The van der Waals surface area contributed by atoms with Crippen LogP contribution in [0.1, 0.15) is 32.8 Å². The summed E-state index contributed by atoms with van der Waals surface area (Å²) in [5.74, 6) is -0.583. The third-order valence-electron chi connectivity index (χ3n) is 6.17. The Bertz CT molecular complexity index is 1200. The maximum Gasteiger partial charge on any atom is 0.280 e. The van der Waals surface area contributed by atoms with Crippen LogP contribution in [0, 0.1) is 5.82 Å². The fraction of sp³-hybridized carbons (Fsp3) is 0.269. The predicted octanol–water partition coefficient (Wildman–Crippen LogP) is 4.29. The van der Waals surface area contributed by atoms with Gasteiger partial charge in [-0.1, -0.05) is 32.0 Å². The van der Waals surface area contributed by atoms with Crippen molar-refractivity contribution in [3.63, 3.8) is 0 Å². The van der Waals surface area contributed by atoms with Crippen LogP contribution in [0.3, 0.4) is 0 Å². The quantitative estimate of drug-likeness (QED) is 0.697. The first kappa shape index (κ1) is 22.5. The van der Waals surface area contributed by atoms with Gasteiger partial charge in [0.15, 0.2) is 0 Å². The van der Waals surface area contributed by atoms with Gasteiger partial charge in [-0.15, -0.1) is 0 Å². The summed E-state index contributed by atoms with van der Waals surface area (Å²) in [6, 6.07) is 14.0. The highest BCUT2D eigenvalue weighted by atomic mass is 19.1. The van der Waals surface area contributed by atoms with Crippen LogP contribution < -0.4 is 15.2 Å². The lowest BCUT2D eigenvalue weighted by Crippen LogP contribution is -2.30. The van der Waals surface area contributed by atoms with Crippen molar-refractivity contribution in [3.05, 3.63) is 83.3 Å². The van der Waals surface area contributed by atoms with Crippen LogP contribution in [0.25, 0.3) is 0 Å². The molecule has 4 rings (SSSR count). The Morgan fingerprint density at radius 1 is 1.15 bits per heavy atom. The maximum atomic E-state index is 14.1.